The molecule has 0 aromatic heterocycles. The van der Waals surface area contributed by atoms with Crippen molar-refractivity contribution in [2.45, 2.75) is 32.1 Å². The van der Waals surface area contributed by atoms with Gasteiger partial charge >= 0.3 is 6.03 Å². The van der Waals surface area contributed by atoms with Crippen molar-refractivity contribution >= 4 is 23.8 Å². The fourth-order valence-electron chi connectivity index (χ4n) is 4.03. The molecule has 0 saturated carbocycles. The number of hydrogen-bond donors (Lipinski definition) is 1. The Bertz CT molecular complexity index is 912. The average Bonchev–Trinajstić information content (AvgIpc) is 3.18. The summed E-state index contributed by atoms with van der Waals surface area (Å²) in [5.41, 5.74) is 7.28. The van der Waals surface area contributed by atoms with E-state index in [1.165, 1.54) is 4.90 Å². The molecule has 0 bridgehead atoms. The van der Waals surface area contributed by atoms with Crippen LogP contribution in [0.1, 0.15) is 25.5 Å². The molecule has 0 spiro atoms. The molecule has 3 aliphatic rings. The lowest BCUT2D eigenvalue weighted by Gasteiger charge is -2.39. The van der Waals surface area contributed by atoms with Gasteiger partial charge in [-0.2, -0.15) is 0 Å². The van der Waals surface area contributed by atoms with Crippen LogP contribution in [0, 0.1) is 0 Å². The number of nitrogens with two attached hydrogens (primary N) is 1. The third-order valence-corrected chi connectivity index (χ3v) is 5.41. The number of nitrogens with zero attached hydrogens (tertiary/aromatic N) is 5. The first-order valence-electron chi connectivity index (χ1n) is 9.06. The molecule has 4 amide bonds. The molecule has 9 nitrogen and oxygen atoms in total. The molecule has 1 fully saturated rings. The van der Waals surface area contributed by atoms with E-state index in [9.17, 15) is 14.4 Å². The summed E-state index contributed by atoms with van der Waals surface area (Å²) in [6.45, 7) is 3.58. The van der Waals surface area contributed by atoms with E-state index in [4.69, 9.17) is 10.7 Å². The molecule has 1 aromatic carbocycles. The van der Waals surface area contributed by atoms with Crippen molar-refractivity contribution in [1.29, 1.82) is 0 Å². The van der Waals surface area contributed by atoms with Gasteiger partial charge in [0.1, 0.15) is 6.54 Å². The monoisotopic (exact) mass is 382 g/mol. The molecule has 146 valence electrons. The smallest absolute Gasteiger partial charge is 0.328 e. The summed E-state index contributed by atoms with van der Waals surface area (Å²) in [4.78, 5) is 47.7. The number of amides is 4. The van der Waals surface area contributed by atoms with E-state index in [1.807, 2.05) is 43.5 Å². The second-order valence-corrected chi connectivity index (χ2v) is 7.21. The zero-order valence-corrected chi connectivity index (χ0v) is 15.9. The number of benzene rings is 1. The standard InChI is InChI=1S/C19H22N6O3/c1-11-9-23-15-16(22(3)19(28)24(17(15)27)10-14(20)26)21-18(23)25(11)12(2)13-7-5-4-6-8-13/h4-9,12,15-16H,10H2,1-3H3,(H2,20,26). The number of guanidine groups is 1. The molecule has 3 atom stereocenters. The van der Waals surface area contributed by atoms with Crippen LogP contribution in [0.15, 0.2) is 47.2 Å². The third kappa shape index (κ3) is 2.54. The van der Waals surface area contributed by atoms with Gasteiger partial charge in [-0.3, -0.25) is 14.5 Å². The van der Waals surface area contributed by atoms with E-state index >= 15 is 0 Å². The Balaban J connectivity index is 1.68. The predicted molar refractivity (Wildman–Crippen MR) is 101 cm³/mol. The Morgan fingerprint density at radius 3 is 2.57 bits per heavy atom. The number of rotatable bonds is 4. The zero-order valence-electron chi connectivity index (χ0n) is 15.9. The van der Waals surface area contributed by atoms with Gasteiger partial charge in [-0.25, -0.2) is 9.79 Å². The SMILES string of the molecule is CC1=CN2C(=NC3C2C(=O)N(CC(N)=O)C(=O)N3C)N1C(C)c1ccccc1. The summed E-state index contributed by atoms with van der Waals surface area (Å²) in [6, 6.07) is 8.72. The van der Waals surface area contributed by atoms with Crippen LogP contribution in [0.3, 0.4) is 0 Å². The quantitative estimate of drug-likeness (QED) is 0.825. The molecule has 4 rings (SSSR count). The molecule has 3 unspecified atom stereocenters. The van der Waals surface area contributed by atoms with Gasteiger partial charge in [0.05, 0.1) is 6.04 Å². The van der Waals surface area contributed by atoms with Gasteiger partial charge in [-0.1, -0.05) is 30.3 Å². The number of aliphatic imine (C=N–C) groups is 1. The number of allylic oxidation sites excluding steroid dienone is 1. The van der Waals surface area contributed by atoms with E-state index in [0.717, 1.165) is 16.2 Å². The largest absolute Gasteiger partial charge is 0.368 e. The molecule has 0 radical (unpaired) electrons. The van der Waals surface area contributed by atoms with Crippen LogP contribution < -0.4 is 5.73 Å². The minimum Gasteiger partial charge on any atom is -0.368 e. The maximum absolute atomic E-state index is 13.0. The highest BCUT2D eigenvalue weighted by Gasteiger charge is 2.54. The summed E-state index contributed by atoms with van der Waals surface area (Å²) in [5, 5.41) is 0. The number of imide groups is 1. The lowest BCUT2D eigenvalue weighted by molar-refractivity contribution is -0.139. The summed E-state index contributed by atoms with van der Waals surface area (Å²) < 4.78 is 0. The van der Waals surface area contributed by atoms with Gasteiger partial charge in [-0.15, -0.1) is 0 Å². The third-order valence-electron chi connectivity index (χ3n) is 5.41. The van der Waals surface area contributed by atoms with Crippen LogP contribution in [-0.2, 0) is 9.59 Å². The van der Waals surface area contributed by atoms with Crippen molar-refractivity contribution in [3.63, 3.8) is 0 Å². The fraction of sp³-hybridized carbons (Fsp3) is 0.368. The van der Waals surface area contributed by atoms with E-state index in [-0.39, 0.29) is 6.04 Å². The molecular weight excluding hydrogens is 360 g/mol. The first kappa shape index (κ1) is 18.0. The highest BCUT2D eigenvalue weighted by Crippen LogP contribution is 2.37. The van der Waals surface area contributed by atoms with Crippen molar-refractivity contribution in [1.82, 2.24) is 19.6 Å². The molecule has 1 saturated heterocycles. The summed E-state index contributed by atoms with van der Waals surface area (Å²) >= 11 is 0. The van der Waals surface area contributed by atoms with Crippen LogP contribution in [-0.4, -0.2) is 69.2 Å². The molecule has 3 aliphatic heterocycles. The number of carbonyl (C=O) groups is 3. The second-order valence-electron chi connectivity index (χ2n) is 7.21. The maximum atomic E-state index is 13.0. The number of urea groups is 1. The van der Waals surface area contributed by atoms with Crippen LogP contribution >= 0.6 is 0 Å². The van der Waals surface area contributed by atoms with Crippen LogP contribution in [0.2, 0.25) is 0 Å². The summed E-state index contributed by atoms with van der Waals surface area (Å²) in [5.74, 6) is -0.582. The van der Waals surface area contributed by atoms with E-state index in [2.05, 4.69) is 11.8 Å². The van der Waals surface area contributed by atoms with Gasteiger partial charge in [0.2, 0.25) is 11.9 Å². The van der Waals surface area contributed by atoms with Crippen LogP contribution in [0.4, 0.5) is 4.79 Å². The normalized spacial score (nSPS) is 24.8. The Labute approximate surface area is 162 Å². The first-order valence-corrected chi connectivity index (χ1v) is 9.06. The number of likely N-dealkylation sites (N-methyl/N-ethyl adjacent to an activating group) is 1. The Morgan fingerprint density at radius 1 is 1.25 bits per heavy atom. The van der Waals surface area contributed by atoms with Crippen LogP contribution in [0.25, 0.3) is 0 Å². The number of hydrogen-bond acceptors (Lipinski definition) is 6. The Morgan fingerprint density at radius 2 is 1.93 bits per heavy atom. The lowest BCUT2D eigenvalue weighted by atomic mass is 10.1. The lowest BCUT2D eigenvalue weighted by Crippen LogP contribution is -2.65. The van der Waals surface area contributed by atoms with Crippen LogP contribution in [0.5, 0.6) is 0 Å². The molecule has 3 heterocycles. The Kier molecular flexibility index (Phi) is 4.10. The van der Waals surface area contributed by atoms with Gasteiger partial charge in [-0.05, 0) is 19.4 Å². The highest BCUT2D eigenvalue weighted by molar-refractivity contribution is 6.06. The second kappa shape index (κ2) is 6.36. The number of carbonyl (C=O) groups excluding carboxylic acids is 3. The van der Waals surface area contributed by atoms with E-state index < -0.39 is 36.6 Å². The highest BCUT2D eigenvalue weighted by atomic mass is 16.2. The van der Waals surface area contributed by atoms with Gasteiger partial charge in [0.15, 0.2) is 12.2 Å². The van der Waals surface area contributed by atoms with Crippen molar-refractivity contribution in [2.75, 3.05) is 13.6 Å². The minimum atomic E-state index is -0.736. The maximum Gasteiger partial charge on any atom is 0.328 e. The molecule has 0 aliphatic carbocycles. The first-order chi connectivity index (χ1) is 13.3. The molecule has 28 heavy (non-hydrogen) atoms. The number of fused-ring (bicyclic) bond motifs is 3. The van der Waals surface area contributed by atoms with E-state index in [1.54, 1.807) is 11.9 Å². The van der Waals surface area contributed by atoms with Gasteiger partial charge < -0.3 is 20.4 Å². The van der Waals surface area contributed by atoms with Gasteiger partial charge in [0.25, 0.3) is 5.91 Å². The molecular formula is C19H22N6O3. The molecule has 9 heteroatoms. The molecule has 2 N–H and O–H groups in total. The topological polar surface area (TPSA) is 103 Å². The van der Waals surface area contributed by atoms with Crippen molar-refractivity contribution in [3.8, 4) is 0 Å². The minimum absolute atomic E-state index is 0.000754. The Hall–Kier alpha value is -3.36. The van der Waals surface area contributed by atoms with E-state index in [0.29, 0.717) is 5.96 Å². The zero-order chi connectivity index (χ0) is 20.2. The summed E-state index contributed by atoms with van der Waals surface area (Å²) in [7, 11) is 1.58. The number of primary amides is 1. The summed E-state index contributed by atoms with van der Waals surface area (Å²) in [6.07, 6.45) is 1.22. The van der Waals surface area contributed by atoms with Crippen molar-refractivity contribution in [2.24, 2.45) is 10.7 Å². The van der Waals surface area contributed by atoms with Crippen molar-refractivity contribution in [3.05, 3.63) is 47.8 Å². The average molecular weight is 382 g/mol. The van der Waals surface area contributed by atoms with Crippen molar-refractivity contribution < 1.29 is 14.4 Å². The predicted octanol–water partition coefficient (Wildman–Crippen LogP) is 0.670. The van der Waals surface area contributed by atoms with Gasteiger partial charge in [0, 0.05) is 18.9 Å². The fourth-order valence-corrected chi connectivity index (χ4v) is 4.03. The molecule has 1 aromatic rings.